The number of ether oxygens (including phenoxy) is 1. The number of guanidine groups is 1. The van der Waals surface area contributed by atoms with E-state index in [9.17, 15) is 4.79 Å². The minimum absolute atomic E-state index is 0. The first-order valence-corrected chi connectivity index (χ1v) is 10.8. The Bertz CT molecular complexity index is 874. The van der Waals surface area contributed by atoms with Crippen molar-refractivity contribution in [2.45, 2.75) is 39.7 Å². The summed E-state index contributed by atoms with van der Waals surface area (Å²) in [5, 5.41) is 6.55. The van der Waals surface area contributed by atoms with E-state index in [0.29, 0.717) is 25.3 Å². The summed E-state index contributed by atoms with van der Waals surface area (Å²) in [4.78, 5) is 18.2. The number of carbonyl (C=O) groups is 1. The molecule has 0 spiro atoms. The fourth-order valence-electron chi connectivity index (χ4n) is 2.91. The molecule has 176 valence electrons. The Labute approximate surface area is 209 Å². The quantitative estimate of drug-likeness (QED) is 0.220. The molecule has 0 aromatic heterocycles. The minimum Gasteiger partial charge on any atom is -0.492 e. The van der Waals surface area contributed by atoms with Gasteiger partial charge in [0.1, 0.15) is 12.4 Å². The second-order valence-electron chi connectivity index (χ2n) is 8.64. The summed E-state index contributed by atoms with van der Waals surface area (Å²) in [6.07, 6.45) is 0. The van der Waals surface area contributed by atoms with Crippen LogP contribution in [0.2, 0.25) is 0 Å². The van der Waals surface area contributed by atoms with Gasteiger partial charge in [-0.1, -0.05) is 45.0 Å². The number of carbonyl (C=O) groups excluding carboxylic acids is 1. The first kappa shape index (κ1) is 27.7. The Hall–Kier alpha value is -2.29. The molecule has 0 aliphatic rings. The highest BCUT2D eigenvalue weighted by molar-refractivity contribution is 14.0. The van der Waals surface area contributed by atoms with Gasteiger partial charge in [0.05, 0.1) is 13.1 Å². The number of nitrogens with zero attached hydrogens (tertiary/aromatic N) is 2. The van der Waals surface area contributed by atoms with Crippen LogP contribution in [0.1, 0.15) is 49.2 Å². The third-order valence-electron chi connectivity index (χ3n) is 4.73. The van der Waals surface area contributed by atoms with Crippen LogP contribution in [0.25, 0.3) is 0 Å². The maximum atomic E-state index is 12.0. The summed E-state index contributed by atoms with van der Waals surface area (Å²) in [6.45, 7) is 11.1. The third-order valence-corrected chi connectivity index (χ3v) is 4.73. The molecule has 0 heterocycles. The number of amides is 1. The number of hydrogen-bond donors (Lipinski definition) is 2. The summed E-state index contributed by atoms with van der Waals surface area (Å²) in [7, 11) is 3.50. The standard InChI is InChI=1S/C25H36N4O2.HI/c1-7-26-24(28-18-19-11-13-20(14-12-19)23(30)29(5)6)27-15-16-31-22-10-8-9-21(17-22)25(2,3)4;/h8-14,17H,7,15-16,18H2,1-6H3,(H2,26,27,28);1H. The van der Waals surface area contributed by atoms with Gasteiger partial charge in [-0.2, -0.15) is 0 Å². The molecule has 0 saturated carbocycles. The van der Waals surface area contributed by atoms with Gasteiger partial charge in [0, 0.05) is 26.2 Å². The van der Waals surface area contributed by atoms with E-state index in [1.54, 1.807) is 19.0 Å². The number of nitrogens with one attached hydrogen (secondary N) is 2. The normalized spacial score (nSPS) is 11.4. The van der Waals surface area contributed by atoms with Crippen molar-refractivity contribution >= 4 is 35.8 Å². The predicted octanol–water partition coefficient (Wildman–Crippen LogP) is 4.44. The van der Waals surface area contributed by atoms with Crippen molar-refractivity contribution < 1.29 is 9.53 Å². The molecule has 32 heavy (non-hydrogen) atoms. The summed E-state index contributed by atoms with van der Waals surface area (Å²) < 4.78 is 5.91. The number of benzene rings is 2. The van der Waals surface area contributed by atoms with E-state index in [1.165, 1.54) is 5.56 Å². The van der Waals surface area contributed by atoms with Gasteiger partial charge in [-0.3, -0.25) is 4.79 Å². The molecule has 1 amide bonds. The molecular formula is C25H37IN4O2. The molecule has 0 saturated heterocycles. The van der Waals surface area contributed by atoms with Crippen molar-refractivity contribution in [1.82, 2.24) is 15.5 Å². The van der Waals surface area contributed by atoms with E-state index in [1.807, 2.05) is 43.3 Å². The van der Waals surface area contributed by atoms with E-state index in [-0.39, 0.29) is 35.3 Å². The molecule has 0 unspecified atom stereocenters. The monoisotopic (exact) mass is 552 g/mol. The summed E-state index contributed by atoms with van der Waals surface area (Å²) in [5.74, 6) is 1.62. The lowest BCUT2D eigenvalue weighted by Gasteiger charge is -2.20. The van der Waals surface area contributed by atoms with Crippen molar-refractivity contribution in [2.75, 3.05) is 33.8 Å². The average Bonchev–Trinajstić information content (AvgIpc) is 2.74. The van der Waals surface area contributed by atoms with Gasteiger partial charge in [-0.25, -0.2) is 4.99 Å². The van der Waals surface area contributed by atoms with Gasteiger partial charge >= 0.3 is 0 Å². The second kappa shape index (κ2) is 13.3. The number of rotatable bonds is 8. The molecule has 7 heteroatoms. The topological polar surface area (TPSA) is 66.0 Å². The lowest BCUT2D eigenvalue weighted by atomic mass is 9.87. The SMILES string of the molecule is CCNC(=NCc1ccc(C(=O)N(C)C)cc1)NCCOc1cccc(C(C)(C)C)c1.I. The molecule has 0 aliphatic heterocycles. The highest BCUT2D eigenvalue weighted by atomic mass is 127. The van der Waals surface area contributed by atoms with Crippen LogP contribution in [-0.2, 0) is 12.0 Å². The van der Waals surface area contributed by atoms with Gasteiger partial charge in [0.2, 0.25) is 0 Å². The zero-order valence-electron chi connectivity index (χ0n) is 20.1. The number of hydrogen-bond acceptors (Lipinski definition) is 3. The molecule has 0 bridgehead atoms. The first-order valence-electron chi connectivity index (χ1n) is 10.8. The van der Waals surface area contributed by atoms with Crippen LogP contribution in [0.15, 0.2) is 53.5 Å². The van der Waals surface area contributed by atoms with E-state index >= 15 is 0 Å². The van der Waals surface area contributed by atoms with Crippen molar-refractivity contribution in [3.8, 4) is 5.75 Å². The highest BCUT2D eigenvalue weighted by Gasteiger charge is 2.13. The molecule has 2 rings (SSSR count). The van der Waals surface area contributed by atoms with Gasteiger partial charge in [0.25, 0.3) is 5.91 Å². The van der Waals surface area contributed by atoms with Crippen LogP contribution in [0.4, 0.5) is 0 Å². The molecule has 0 fully saturated rings. The Morgan fingerprint density at radius 2 is 1.75 bits per heavy atom. The average molecular weight is 553 g/mol. The Kier molecular flexibility index (Phi) is 11.5. The fraction of sp³-hybridized carbons (Fsp3) is 0.440. The van der Waals surface area contributed by atoms with Gasteiger partial charge in [0.15, 0.2) is 5.96 Å². The summed E-state index contributed by atoms with van der Waals surface area (Å²) >= 11 is 0. The molecule has 2 N–H and O–H groups in total. The number of aliphatic imine (C=N–C) groups is 1. The molecule has 0 aliphatic carbocycles. The highest BCUT2D eigenvalue weighted by Crippen LogP contribution is 2.25. The Balaban J connectivity index is 0.00000512. The van der Waals surface area contributed by atoms with E-state index in [0.717, 1.165) is 23.8 Å². The van der Waals surface area contributed by atoms with E-state index < -0.39 is 0 Å². The molecule has 2 aromatic carbocycles. The van der Waals surface area contributed by atoms with Crippen LogP contribution < -0.4 is 15.4 Å². The Morgan fingerprint density at radius 3 is 2.34 bits per heavy atom. The smallest absolute Gasteiger partial charge is 0.253 e. The number of halogens is 1. The van der Waals surface area contributed by atoms with Crippen LogP contribution in [0.5, 0.6) is 5.75 Å². The van der Waals surface area contributed by atoms with E-state index in [4.69, 9.17) is 4.74 Å². The van der Waals surface area contributed by atoms with E-state index in [2.05, 4.69) is 48.5 Å². The molecule has 0 radical (unpaired) electrons. The van der Waals surface area contributed by atoms with Crippen LogP contribution in [0, 0.1) is 0 Å². The van der Waals surface area contributed by atoms with Gasteiger partial charge in [-0.05, 0) is 47.7 Å². The van der Waals surface area contributed by atoms with Crippen molar-refractivity contribution in [2.24, 2.45) is 4.99 Å². The minimum atomic E-state index is -0.00177. The zero-order valence-corrected chi connectivity index (χ0v) is 22.4. The van der Waals surface area contributed by atoms with Crippen LogP contribution in [-0.4, -0.2) is 50.6 Å². The van der Waals surface area contributed by atoms with Gasteiger partial charge in [-0.15, -0.1) is 24.0 Å². The zero-order chi connectivity index (χ0) is 22.9. The maximum absolute atomic E-state index is 12.0. The summed E-state index contributed by atoms with van der Waals surface area (Å²) in [5.41, 5.74) is 3.07. The van der Waals surface area contributed by atoms with Crippen LogP contribution >= 0.6 is 24.0 Å². The molecule has 2 aromatic rings. The lowest BCUT2D eigenvalue weighted by Crippen LogP contribution is -2.39. The van der Waals surface area contributed by atoms with Crippen molar-refractivity contribution in [1.29, 1.82) is 0 Å². The predicted molar refractivity (Wildman–Crippen MR) is 143 cm³/mol. The largest absolute Gasteiger partial charge is 0.492 e. The second-order valence-corrected chi connectivity index (χ2v) is 8.64. The third kappa shape index (κ3) is 9.06. The Morgan fingerprint density at radius 1 is 1.06 bits per heavy atom. The summed E-state index contributed by atoms with van der Waals surface area (Å²) in [6, 6.07) is 15.8. The molecule has 0 atom stereocenters. The van der Waals surface area contributed by atoms with Crippen LogP contribution in [0.3, 0.4) is 0 Å². The van der Waals surface area contributed by atoms with Gasteiger partial charge < -0.3 is 20.3 Å². The fourth-order valence-corrected chi connectivity index (χ4v) is 2.91. The maximum Gasteiger partial charge on any atom is 0.253 e. The van der Waals surface area contributed by atoms with Crippen molar-refractivity contribution in [3.63, 3.8) is 0 Å². The van der Waals surface area contributed by atoms with Crippen molar-refractivity contribution in [3.05, 3.63) is 65.2 Å². The molecule has 6 nitrogen and oxygen atoms in total. The first-order chi connectivity index (χ1) is 14.7. The lowest BCUT2D eigenvalue weighted by molar-refractivity contribution is 0.0827. The molecular weight excluding hydrogens is 515 g/mol.